The SMILES string of the molecule is O=c1c2ccccc2n(CC2CC=NO2)c2ccccc12. The fourth-order valence-corrected chi connectivity index (χ4v) is 2.92. The predicted molar refractivity (Wildman–Crippen MR) is 83.7 cm³/mol. The quantitative estimate of drug-likeness (QED) is 0.676. The van der Waals surface area contributed by atoms with Crippen molar-refractivity contribution in [3.63, 3.8) is 0 Å². The van der Waals surface area contributed by atoms with Crippen LogP contribution < -0.4 is 5.43 Å². The van der Waals surface area contributed by atoms with Crippen LogP contribution in [0.15, 0.2) is 58.5 Å². The van der Waals surface area contributed by atoms with Gasteiger partial charge in [0, 0.05) is 23.4 Å². The van der Waals surface area contributed by atoms with E-state index in [-0.39, 0.29) is 11.5 Å². The Morgan fingerprint density at radius 1 is 1.05 bits per heavy atom. The minimum Gasteiger partial charge on any atom is -0.390 e. The Labute approximate surface area is 121 Å². The first-order valence-corrected chi connectivity index (χ1v) is 7.02. The Bertz CT molecular complexity index is 843. The molecule has 0 spiro atoms. The molecular formula is C17H14N2O2. The Morgan fingerprint density at radius 2 is 1.67 bits per heavy atom. The second-order valence-corrected chi connectivity index (χ2v) is 5.23. The molecule has 0 aliphatic carbocycles. The van der Waals surface area contributed by atoms with Gasteiger partial charge in [0.05, 0.1) is 17.6 Å². The van der Waals surface area contributed by atoms with Crippen molar-refractivity contribution < 1.29 is 4.84 Å². The number of rotatable bonds is 2. The highest BCUT2D eigenvalue weighted by Crippen LogP contribution is 2.21. The average molecular weight is 278 g/mol. The zero-order chi connectivity index (χ0) is 14.2. The van der Waals surface area contributed by atoms with E-state index < -0.39 is 0 Å². The average Bonchev–Trinajstić information content (AvgIpc) is 3.04. The van der Waals surface area contributed by atoms with Crippen molar-refractivity contribution in [2.24, 2.45) is 5.16 Å². The third-order valence-corrected chi connectivity index (χ3v) is 3.92. The highest BCUT2D eigenvalue weighted by Gasteiger charge is 2.17. The fraction of sp³-hybridized carbons (Fsp3) is 0.176. The first-order chi connectivity index (χ1) is 10.3. The third-order valence-electron chi connectivity index (χ3n) is 3.92. The third kappa shape index (κ3) is 1.91. The summed E-state index contributed by atoms with van der Waals surface area (Å²) >= 11 is 0. The zero-order valence-corrected chi connectivity index (χ0v) is 11.4. The van der Waals surface area contributed by atoms with Gasteiger partial charge in [-0.2, -0.15) is 0 Å². The molecule has 0 amide bonds. The molecule has 0 saturated carbocycles. The van der Waals surface area contributed by atoms with Crippen LogP contribution in [0, 0.1) is 0 Å². The first kappa shape index (κ1) is 12.1. The summed E-state index contributed by atoms with van der Waals surface area (Å²) in [6, 6.07) is 15.4. The van der Waals surface area contributed by atoms with Gasteiger partial charge in [0.15, 0.2) is 5.43 Å². The molecule has 1 aliphatic rings. The minimum atomic E-state index is 0.0271. The van der Waals surface area contributed by atoms with Crippen LogP contribution in [0.1, 0.15) is 6.42 Å². The van der Waals surface area contributed by atoms with Crippen molar-refractivity contribution in [3.05, 3.63) is 58.8 Å². The highest BCUT2D eigenvalue weighted by molar-refractivity contribution is 5.93. The van der Waals surface area contributed by atoms with E-state index in [0.29, 0.717) is 6.54 Å². The summed E-state index contributed by atoms with van der Waals surface area (Å²) in [7, 11) is 0. The number of pyridine rings is 1. The number of benzene rings is 2. The van der Waals surface area contributed by atoms with Crippen molar-refractivity contribution in [3.8, 4) is 0 Å². The molecule has 1 atom stereocenters. The van der Waals surface area contributed by atoms with Crippen molar-refractivity contribution in [2.75, 3.05) is 0 Å². The molecule has 0 bridgehead atoms. The number of fused-ring (bicyclic) bond motifs is 2. The number of oxime groups is 1. The Morgan fingerprint density at radius 3 is 2.24 bits per heavy atom. The summed E-state index contributed by atoms with van der Waals surface area (Å²) in [5, 5.41) is 5.33. The number of para-hydroxylation sites is 2. The zero-order valence-electron chi connectivity index (χ0n) is 11.4. The number of hydrogen-bond acceptors (Lipinski definition) is 3. The van der Waals surface area contributed by atoms with Crippen LogP contribution in [-0.2, 0) is 11.4 Å². The van der Waals surface area contributed by atoms with Gasteiger partial charge in [0.1, 0.15) is 6.10 Å². The van der Waals surface area contributed by atoms with Crippen LogP contribution in [0.5, 0.6) is 0 Å². The van der Waals surface area contributed by atoms with Crippen LogP contribution >= 0.6 is 0 Å². The summed E-state index contributed by atoms with van der Waals surface area (Å²) in [5.41, 5.74) is 1.97. The van der Waals surface area contributed by atoms with Gasteiger partial charge in [0.2, 0.25) is 0 Å². The van der Waals surface area contributed by atoms with E-state index in [1.54, 1.807) is 6.21 Å². The van der Waals surface area contributed by atoms with Crippen molar-refractivity contribution in [1.29, 1.82) is 0 Å². The molecule has 1 unspecified atom stereocenters. The van der Waals surface area contributed by atoms with E-state index in [1.165, 1.54) is 0 Å². The van der Waals surface area contributed by atoms with Crippen LogP contribution in [0.3, 0.4) is 0 Å². The summed E-state index contributed by atoms with van der Waals surface area (Å²) in [4.78, 5) is 18.0. The van der Waals surface area contributed by atoms with Gasteiger partial charge in [-0.1, -0.05) is 29.4 Å². The fourth-order valence-electron chi connectivity index (χ4n) is 2.92. The summed E-state index contributed by atoms with van der Waals surface area (Å²) in [6.45, 7) is 0.682. The molecule has 4 heteroatoms. The minimum absolute atomic E-state index is 0.0271. The van der Waals surface area contributed by atoms with Gasteiger partial charge in [-0.25, -0.2) is 0 Å². The lowest BCUT2D eigenvalue weighted by molar-refractivity contribution is 0.0742. The number of nitrogens with zero attached hydrogens (tertiary/aromatic N) is 2. The summed E-state index contributed by atoms with van der Waals surface area (Å²) in [6.07, 6.45) is 2.62. The topological polar surface area (TPSA) is 43.6 Å². The van der Waals surface area contributed by atoms with Gasteiger partial charge in [-0.05, 0) is 24.3 Å². The Hall–Kier alpha value is -2.62. The lowest BCUT2D eigenvalue weighted by Crippen LogP contribution is -2.19. The maximum Gasteiger partial charge on any atom is 0.197 e. The standard InChI is InChI=1S/C17H14N2O2/c20-17-13-5-1-3-7-15(13)19(11-12-9-10-18-21-12)16-8-4-2-6-14(16)17/h1-8,10,12H,9,11H2. The van der Waals surface area contributed by atoms with Gasteiger partial charge in [0.25, 0.3) is 0 Å². The van der Waals surface area contributed by atoms with E-state index in [0.717, 1.165) is 28.2 Å². The van der Waals surface area contributed by atoms with Crippen LogP contribution in [-0.4, -0.2) is 16.9 Å². The number of hydrogen-bond donors (Lipinski definition) is 0. The van der Waals surface area contributed by atoms with Crippen molar-refractivity contribution in [1.82, 2.24) is 4.57 Å². The Kier molecular flexibility index (Phi) is 2.74. The van der Waals surface area contributed by atoms with E-state index >= 15 is 0 Å². The second kappa shape index (κ2) is 4.74. The monoisotopic (exact) mass is 278 g/mol. The molecule has 4 rings (SSSR count). The van der Waals surface area contributed by atoms with E-state index in [9.17, 15) is 4.79 Å². The highest BCUT2D eigenvalue weighted by atomic mass is 16.6. The largest absolute Gasteiger partial charge is 0.390 e. The molecule has 1 aromatic heterocycles. The molecule has 0 N–H and O–H groups in total. The maximum absolute atomic E-state index is 12.6. The summed E-state index contributed by atoms with van der Waals surface area (Å²) < 4.78 is 2.16. The molecule has 21 heavy (non-hydrogen) atoms. The molecule has 0 fully saturated rings. The molecule has 3 aromatic rings. The lowest BCUT2D eigenvalue weighted by Gasteiger charge is -2.17. The molecule has 2 aromatic carbocycles. The predicted octanol–water partition coefficient (Wildman–Crippen LogP) is 2.93. The van der Waals surface area contributed by atoms with Gasteiger partial charge >= 0.3 is 0 Å². The summed E-state index contributed by atoms with van der Waals surface area (Å²) in [5.74, 6) is 0. The van der Waals surface area contributed by atoms with Crippen LogP contribution in [0.2, 0.25) is 0 Å². The normalized spacial score (nSPS) is 17.4. The van der Waals surface area contributed by atoms with Crippen LogP contribution in [0.4, 0.5) is 0 Å². The molecular weight excluding hydrogens is 264 g/mol. The molecule has 1 aliphatic heterocycles. The van der Waals surface area contributed by atoms with Gasteiger partial charge in [-0.3, -0.25) is 4.79 Å². The maximum atomic E-state index is 12.6. The van der Waals surface area contributed by atoms with Crippen molar-refractivity contribution >= 4 is 28.0 Å². The van der Waals surface area contributed by atoms with Crippen LogP contribution in [0.25, 0.3) is 21.8 Å². The Balaban J connectivity index is 2.04. The van der Waals surface area contributed by atoms with E-state index in [4.69, 9.17) is 4.84 Å². The van der Waals surface area contributed by atoms with E-state index in [2.05, 4.69) is 9.72 Å². The first-order valence-electron chi connectivity index (χ1n) is 7.02. The van der Waals surface area contributed by atoms with Gasteiger partial charge in [-0.15, -0.1) is 0 Å². The molecule has 0 radical (unpaired) electrons. The molecule has 4 nitrogen and oxygen atoms in total. The smallest absolute Gasteiger partial charge is 0.197 e. The second-order valence-electron chi connectivity index (χ2n) is 5.23. The lowest BCUT2D eigenvalue weighted by atomic mass is 10.1. The van der Waals surface area contributed by atoms with Crippen molar-refractivity contribution in [2.45, 2.75) is 19.1 Å². The van der Waals surface area contributed by atoms with E-state index in [1.807, 2.05) is 48.5 Å². The van der Waals surface area contributed by atoms with Gasteiger partial charge < -0.3 is 9.40 Å². The molecule has 2 heterocycles. The number of aromatic nitrogens is 1. The molecule has 0 saturated heterocycles. The molecule has 104 valence electrons.